The molecule has 0 aromatic heterocycles. The van der Waals surface area contributed by atoms with Gasteiger partial charge in [0.25, 0.3) is 0 Å². The topological polar surface area (TPSA) is 0 Å². The second-order valence-corrected chi connectivity index (χ2v) is 9.38. The second kappa shape index (κ2) is 8.91. The van der Waals surface area contributed by atoms with Crippen LogP contribution in [0.4, 0.5) is 0 Å². The van der Waals surface area contributed by atoms with Gasteiger partial charge < -0.3 is 0 Å². The summed E-state index contributed by atoms with van der Waals surface area (Å²) < 4.78 is 0. The molecule has 0 aliphatic heterocycles. The molecule has 0 bridgehead atoms. The van der Waals surface area contributed by atoms with Gasteiger partial charge in [-0.05, 0) is 86.9 Å². The summed E-state index contributed by atoms with van der Waals surface area (Å²) >= 11 is 0. The zero-order valence-electron chi connectivity index (χ0n) is 16.1. The fraction of sp³-hybridized carbons (Fsp3) is 1.00. The normalized spacial score (nSPS) is 42.5. The maximum Gasteiger partial charge on any atom is -0.0357 e. The maximum absolute atomic E-state index is 2.12. The minimum absolute atomic E-state index is 1.14. The van der Waals surface area contributed by atoms with Gasteiger partial charge in [-0.2, -0.15) is 0 Å². The molecule has 0 amide bonds. The summed E-state index contributed by atoms with van der Waals surface area (Å²) in [6, 6.07) is 0. The van der Waals surface area contributed by atoms with Gasteiger partial charge in [-0.25, -0.2) is 0 Å². The Morgan fingerprint density at radius 2 is 0.913 bits per heavy atom. The van der Waals surface area contributed by atoms with Gasteiger partial charge in [0.2, 0.25) is 0 Å². The molecule has 0 aromatic rings. The van der Waals surface area contributed by atoms with Crippen molar-refractivity contribution in [1.82, 2.24) is 0 Å². The first kappa shape index (κ1) is 17.8. The number of hydrogen-bond donors (Lipinski definition) is 0. The van der Waals surface area contributed by atoms with Gasteiger partial charge in [-0.3, -0.25) is 0 Å². The van der Waals surface area contributed by atoms with Gasteiger partial charge in [0, 0.05) is 0 Å². The van der Waals surface area contributed by atoms with Crippen LogP contribution >= 0.6 is 0 Å². The highest BCUT2D eigenvalue weighted by molar-refractivity contribution is 4.91. The molecule has 23 heavy (non-hydrogen) atoms. The number of hydrogen-bond acceptors (Lipinski definition) is 0. The fourth-order valence-corrected chi connectivity index (χ4v) is 6.86. The van der Waals surface area contributed by atoms with Crippen LogP contribution < -0.4 is 0 Å². The third-order valence-electron chi connectivity index (χ3n) is 7.87. The summed E-state index contributed by atoms with van der Waals surface area (Å²) in [5.74, 6) is 6.91. The van der Waals surface area contributed by atoms with Gasteiger partial charge >= 0.3 is 0 Å². The van der Waals surface area contributed by atoms with Crippen molar-refractivity contribution in [2.24, 2.45) is 35.5 Å². The van der Waals surface area contributed by atoms with Crippen LogP contribution in [0, 0.1) is 35.5 Å². The molecular formula is C23H42. The zero-order valence-corrected chi connectivity index (χ0v) is 16.1. The third-order valence-corrected chi connectivity index (χ3v) is 7.87. The van der Waals surface area contributed by atoms with Crippen molar-refractivity contribution in [3.05, 3.63) is 0 Å². The Balaban J connectivity index is 0.000000485. The summed E-state index contributed by atoms with van der Waals surface area (Å²) in [5, 5.41) is 0. The van der Waals surface area contributed by atoms with Crippen molar-refractivity contribution in [2.75, 3.05) is 0 Å². The molecular weight excluding hydrogens is 276 g/mol. The molecule has 6 atom stereocenters. The van der Waals surface area contributed by atoms with Gasteiger partial charge in [0.05, 0.1) is 0 Å². The highest BCUT2D eigenvalue weighted by atomic mass is 14.5. The molecule has 4 fully saturated rings. The Kier molecular flexibility index (Phi) is 6.90. The van der Waals surface area contributed by atoms with E-state index in [1.807, 2.05) is 0 Å². The van der Waals surface area contributed by atoms with Crippen LogP contribution in [-0.4, -0.2) is 0 Å². The van der Waals surface area contributed by atoms with E-state index in [0.717, 1.165) is 35.5 Å². The SMILES string of the molecule is C1CCC2C(C1)CCC2CCC1CCC2CCCCC21.CCC. The van der Waals surface area contributed by atoms with E-state index in [1.165, 1.54) is 6.42 Å². The first-order valence-corrected chi connectivity index (χ1v) is 11.3. The third kappa shape index (κ3) is 4.35. The van der Waals surface area contributed by atoms with E-state index in [9.17, 15) is 0 Å². The minimum atomic E-state index is 1.14. The van der Waals surface area contributed by atoms with Crippen molar-refractivity contribution >= 4 is 0 Å². The maximum atomic E-state index is 2.12. The number of fused-ring (bicyclic) bond motifs is 2. The van der Waals surface area contributed by atoms with E-state index in [4.69, 9.17) is 0 Å². The van der Waals surface area contributed by atoms with Crippen LogP contribution in [0.2, 0.25) is 0 Å². The van der Waals surface area contributed by atoms with Crippen molar-refractivity contribution in [3.8, 4) is 0 Å². The molecule has 4 rings (SSSR count). The lowest BCUT2D eigenvalue weighted by Gasteiger charge is -2.32. The minimum Gasteiger partial charge on any atom is -0.0656 e. The lowest BCUT2D eigenvalue weighted by molar-refractivity contribution is 0.187. The van der Waals surface area contributed by atoms with E-state index >= 15 is 0 Å². The van der Waals surface area contributed by atoms with E-state index in [1.54, 1.807) is 89.9 Å². The predicted molar refractivity (Wildman–Crippen MR) is 102 cm³/mol. The molecule has 0 nitrogen and oxygen atoms in total. The summed E-state index contributed by atoms with van der Waals surface area (Å²) in [5.41, 5.74) is 0. The molecule has 0 aromatic carbocycles. The Hall–Kier alpha value is 0. The lowest BCUT2D eigenvalue weighted by atomic mass is 9.74. The molecule has 0 saturated heterocycles. The average molecular weight is 319 g/mol. The fourth-order valence-electron chi connectivity index (χ4n) is 6.86. The van der Waals surface area contributed by atoms with Gasteiger partial charge in [-0.1, -0.05) is 58.8 Å². The Morgan fingerprint density at radius 3 is 1.35 bits per heavy atom. The largest absolute Gasteiger partial charge is 0.0656 e. The van der Waals surface area contributed by atoms with Crippen LogP contribution in [0.15, 0.2) is 0 Å². The van der Waals surface area contributed by atoms with Crippen molar-refractivity contribution < 1.29 is 0 Å². The smallest absolute Gasteiger partial charge is 0.0357 e. The zero-order chi connectivity index (χ0) is 16.1. The van der Waals surface area contributed by atoms with Gasteiger partial charge in [0.15, 0.2) is 0 Å². The summed E-state index contributed by atoms with van der Waals surface area (Å²) in [7, 11) is 0. The van der Waals surface area contributed by atoms with Crippen LogP contribution in [0.25, 0.3) is 0 Å². The second-order valence-electron chi connectivity index (χ2n) is 9.38. The van der Waals surface area contributed by atoms with E-state index in [-0.39, 0.29) is 0 Å². The van der Waals surface area contributed by atoms with E-state index in [2.05, 4.69) is 13.8 Å². The van der Waals surface area contributed by atoms with Crippen molar-refractivity contribution in [2.45, 2.75) is 110 Å². The van der Waals surface area contributed by atoms with E-state index < -0.39 is 0 Å². The molecule has 134 valence electrons. The first-order chi connectivity index (χ1) is 11.3. The predicted octanol–water partition coefficient (Wildman–Crippen LogP) is 7.62. The summed E-state index contributed by atoms with van der Waals surface area (Å²) in [6.07, 6.45) is 23.3. The van der Waals surface area contributed by atoms with Crippen molar-refractivity contribution in [1.29, 1.82) is 0 Å². The Bertz CT molecular complexity index is 301. The highest BCUT2D eigenvalue weighted by Crippen LogP contribution is 2.51. The summed E-state index contributed by atoms with van der Waals surface area (Å²) in [4.78, 5) is 0. The molecule has 0 radical (unpaired) electrons. The molecule has 4 aliphatic carbocycles. The molecule has 6 unspecified atom stereocenters. The quantitative estimate of drug-likeness (QED) is 0.502. The van der Waals surface area contributed by atoms with Crippen LogP contribution in [0.1, 0.15) is 110 Å². The molecule has 0 N–H and O–H groups in total. The number of rotatable bonds is 3. The molecule has 4 saturated carbocycles. The van der Waals surface area contributed by atoms with Crippen LogP contribution in [0.3, 0.4) is 0 Å². The Labute approximate surface area is 146 Å². The first-order valence-electron chi connectivity index (χ1n) is 11.3. The molecule has 0 heterocycles. The average Bonchev–Trinajstić information content (AvgIpc) is 3.18. The Morgan fingerprint density at radius 1 is 0.522 bits per heavy atom. The van der Waals surface area contributed by atoms with Gasteiger partial charge in [0.1, 0.15) is 0 Å². The lowest BCUT2D eigenvalue weighted by Crippen LogP contribution is -2.22. The highest BCUT2D eigenvalue weighted by Gasteiger charge is 2.40. The van der Waals surface area contributed by atoms with Gasteiger partial charge in [-0.15, -0.1) is 0 Å². The standard InChI is InChI=1S/C20H34.C3H8/c1-3-7-19-15(5-1)9-11-17(19)13-14-18-12-10-16-6-2-4-8-20(16)18;1-3-2/h15-20H,1-14H2;3H2,1-2H3. The summed E-state index contributed by atoms with van der Waals surface area (Å²) in [6.45, 7) is 4.25. The molecule has 4 aliphatic rings. The monoisotopic (exact) mass is 318 g/mol. The van der Waals surface area contributed by atoms with Crippen LogP contribution in [-0.2, 0) is 0 Å². The van der Waals surface area contributed by atoms with Crippen molar-refractivity contribution in [3.63, 3.8) is 0 Å². The van der Waals surface area contributed by atoms with E-state index in [0.29, 0.717) is 0 Å². The molecule has 0 heteroatoms. The van der Waals surface area contributed by atoms with Crippen LogP contribution in [0.5, 0.6) is 0 Å². The molecule has 0 spiro atoms.